The molecule has 23 heavy (non-hydrogen) atoms. The van der Waals surface area contributed by atoms with E-state index >= 15 is 0 Å². The molecule has 0 spiro atoms. The summed E-state index contributed by atoms with van der Waals surface area (Å²) in [5, 5.41) is 5.90. The van der Waals surface area contributed by atoms with Crippen molar-refractivity contribution in [1.82, 2.24) is 4.98 Å². The molecule has 7 heteroatoms. The van der Waals surface area contributed by atoms with Crippen molar-refractivity contribution in [2.24, 2.45) is 5.73 Å². The largest absolute Gasteiger partial charge is 0.400 e. The van der Waals surface area contributed by atoms with Gasteiger partial charge in [0.05, 0.1) is 10.7 Å². The average Bonchev–Trinajstić information content (AvgIpc) is 3.13. The van der Waals surface area contributed by atoms with Gasteiger partial charge in [-0.25, -0.2) is 9.37 Å². The van der Waals surface area contributed by atoms with E-state index in [1.165, 1.54) is 4.88 Å². The lowest BCUT2D eigenvalue weighted by Crippen LogP contribution is -2.14. The van der Waals surface area contributed by atoms with Gasteiger partial charge in [-0.2, -0.15) is 0 Å². The molecule has 0 amide bonds. The lowest BCUT2D eigenvalue weighted by atomic mass is 10.1. The molecule has 2 heterocycles. The minimum atomic E-state index is -1.49. The normalized spacial score (nSPS) is 14.7. The maximum atomic E-state index is 14.2. The van der Waals surface area contributed by atoms with E-state index in [1.54, 1.807) is 17.4 Å². The molecule has 0 aliphatic heterocycles. The van der Waals surface area contributed by atoms with Crippen LogP contribution in [0.1, 0.15) is 16.1 Å². The summed E-state index contributed by atoms with van der Waals surface area (Å²) in [5.74, 6) is 0. The number of rotatable bonds is 5. The minimum Gasteiger partial charge on any atom is -0.400 e. The number of hydrogen-bond donors (Lipinski definition) is 2. The zero-order valence-electron chi connectivity index (χ0n) is 12.1. The Morgan fingerprint density at radius 1 is 1.52 bits per heavy atom. The second-order valence-corrected chi connectivity index (χ2v) is 7.00. The Kier molecular flexibility index (Phi) is 4.62. The zero-order chi connectivity index (χ0) is 16.6. The van der Waals surface area contributed by atoms with Crippen LogP contribution in [0.3, 0.4) is 0 Å². The molecule has 120 valence electrons. The van der Waals surface area contributed by atoms with Crippen LogP contribution in [-0.4, -0.2) is 11.2 Å². The SMILES string of the molecule is C=C(N)C(F)C1=C(Cl)c2nc(Cl)cc(NCc3cccs3)c2C1. The molecule has 1 aliphatic rings. The van der Waals surface area contributed by atoms with Crippen molar-refractivity contribution in [3.05, 3.63) is 62.7 Å². The van der Waals surface area contributed by atoms with E-state index in [0.29, 0.717) is 29.4 Å². The number of hydrogen-bond acceptors (Lipinski definition) is 4. The van der Waals surface area contributed by atoms with Crippen LogP contribution in [0, 0.1) is 0 Å². The number of nitrogens with one attached hydrogen (secondary N) is 1. The maximum absolute atomic E-state index is 14.2. The molecule has 3 rings (SSSR count). The van der Waals surface area contributed by atoms with E-state index in [9.17, 15) is 4.39 Å². The number of aromatic nitrogens is 1. The van der Waals surface area contributed by atoms with E-state index < -0.39 is 6.17 Å². The molecule has 1 aliphatic carbocycles. The first-order chi connectivity index (χ1) is 11.0. The number of alkyl halides is 1. The van der Waals surface area contributed by atoms with Crippen LogP contribution in [0.4, 0.5) is 10.1 Å². The fraction of sp³-hybridized carbons (Fsp3) is 0.188. The highest BCUT2D eigenvalue weighted by molar-refractivity contribution is 7.09. The fourth-order valence-corrected chi connectivity index (χ4v) is 3.66. The summed E-state index contributed by atoms with van der Waals surface area (Å²) in [6.07, 6.45) is -1.15. The van der Waals surface area contributed by atoms with Crippen molar-refractivity contribution in [2.45, 2.75) is 19.1 Å². The first-order valence-electron chi connectivity index (χ1n) is 6.90. The van der Waals surface area contributed by atoms with Crippen LogP contribution in [-0.2, 0) is 13.0 Å². The van der Waals surface area contributed by atoms with E-state index in [4.69, 9.17) is 28.9 Å². The maximum Gasteiger partial charge on any atom is 0.162 e. The van der Waals surface area contributed by atoms with Crippen molar-refractivity contribution in [2.75, 3.05) is 5.32 Å². The van der Waals surface area contributed by atoms with E-state index in [0.717, 1.165) is 11.3 Å². The predicted molar refractivity (Wildman–Crippen MR) is 95.6 cm³/mol. The number of thiophene rings is 1. The molecular weight excluding hydrogens is 356 g/mol. The number of anilines is 1. The molecule has 0 saturated carbocycles. The van der Waals surface area contributed by atoms with Gasteiger partial charge in [-0.15, -0.1) is 11.3 Å². The van der Waals surface area contributed by atoms with Crippen LogP contribution in [0.5, 0.6) is 0 Å². The molecule has 0 saturated heterocycles. The Bertz CT molecular complexity index is 787. The molecular formula is C16H14Cl2FN3S. The van der Waals surface area contributed by atoms with Crippen molar-refractivity contribution in [1.29, 1.82) is 0 Å². The van der Waals surface area contributed by atoms with E-state index in [1.807, 2.05) is 17.5 Å². The topological polar surface area (TPSA) is 50.9 Å². The first kappa shape index (κ1) is 16.3. The highest BCUT2D eigenvalue weighted by Gasteiger charge is 2.30. The first-order valence-corrected chi connectivity index (χ1v) is 8.54. The van der Waals surface area contributed by atoms with Gasteiger partial charge in [0.2, 0.25) is 0 Å². The van der Waals surface area contributed by atoms with Crippen LogP contribution < -0.4 is 11.1 Å². The summed E-state index contributed by atoms with van der Waals surface area (Å²) in [6.45, 7) is 4.11. The van der Waals surface area contributed by atoms with Gasteiger partial charge in [-0.1, -0.05) is 35.8 Å². The van der Waals surface area contributed by atoms with Crippen molar-refractivity contribution in [3.8, 4) is 0 Å². The second-order valence-electron chi connectivity index (χ2n) is 5.21. The molecule has 2 aromatic heterocycles. The number of pyridine rings is 1. The Balaban J connectivity index is 1.91. The predicted octanol–water partition coefficient (Wildman–Crippen LogP) is 4.73. The van der Waals surface area contributed by atoms with E-state index in [2.05, 4.69) is 16.9 Å². The van der Waals surface area contributed by atoms with Crippen LogP contribution >= 0.6 is 34.5 Å². The van der Waals surface area contributed by atoms with Crippen molar-refractivity contribution in [3.63, 3.8) is 0 Å². The Hall–Kier alpha value is -1.56. The lowest BCUT2D eigenvalue weighted by Gasteiger charge is -2.12. The lowest BCUT2D eigenvalue weighted by molar-refractivity contribution is 0.426. The van der Waals surface area contributed by atoms with Gasteiger partial charge in [0, 0.05) is 34.8 Å². The molecule has 0 bridgehead atoms. The van der Waals surface area contributed by atoms with Crippen LogP contribution in [0.2, 0.25) is 5.15 Å². The molecule has 3 nitrogen and oxygen atoms in total. The number of nitrogens with two attached hydrogens (primary N) is 1. The molecule has 3 N–H and O–H groups in total. The summed E-state index contributed by atoms with van der Waals surface area (Å²) in [5.41, 5.74) is 7.93. The van der Waals surface area contributed by atoms with Crippen LogP contribution in [0.15, 0.2) is 41.4 Å². The summed E-state index contributed by atoms with van der Waals surface area (Å²) in [4.78, 5) is 5.42. The highest BCUT2D eigenvalue weighted by Crippen LogP contribution is 2.42. The van der Waals surface area contributed by atoms with Gasteiger partial charge < -0.3 is 11.1 Å². The van der Waals surface area contributed by atoms with Crippen molar-refractivity contribution < 1.29 is 4.39 Å². The molecule has 1 atom stereocenters. The summed E-state index contributed by atoms with van der Waals surface area (Å²) >= 11 is 14.0. The third kappa shape index (κ3) is 3.22. The van der Waals surface area contributed by atoms with Gasteiger partial charge in [-0.05, 0) is 23.1 Å². The molecule has 0 radical (unpaired) electrons. The van der Waals surface area contributed by atoms with Gasteiger partial charge in [0.25, 0.3) is 0 Å². The van der Waals surface area contributed by atoms with Crippen molar-refractivity contribution >= 4 is 45.3 Å². The summed E-state index contributed by atoms with van der Waals surface area (Å²) < 4.78 is 14.2. The highest BCUT2D eigenvalue weighted by atomic mass is 35.5. The number of nitrogens with zero attached hydrogens (tertiary/aromatic N) is 1. The Labute approximate surface area is 147 Å². The fourth-order valence-electron chi connectivity index (χ4n) is 2.50. The average molecular weight is 370 g/mol. The molecule has 2 aromatic rings. The van der Waals surface area contributed by atoms with Gasteiger partial charge in [0.15, 0.2) is 6.17 Å². The summed E-state index contributed by atoms with van der Waals surface area (Å²) in [7, 11) is 0. The molecule has 1 unspecified atom stereocenters. The third-order valence-corrected chi connectivity index (χ3v) is 5.11. The second kappa shape index (κ2) is 6.51. The smallest absolute Gasteiger partial charge is 0.162 e. The number of halogens is 3. The quantitative estimate of drug-likeness (QED) is 0.749. The number of allylic oxidation sites excluding steroid dienone is 1. The van der Waals surface area contributed by atoms with Gasteiger partial charge in [-0.3, -0.25) is 0 Å². The monoisotopic (exact) mass is 369 g/mol. The van der Waals surface area contributed by atoms with E-state index in [-0.39, 0.29) is 10.7 Å². The zero-order valence-corrected chi connectivity index (χ0v) is 14.4. The standard InChI is InChI=1S/C16H14Cl2FN3S/c1-8(20)15(19)11-5-10-12(21-7-9-3-2-4-23-9)6-13(17)22-16(10)14(11)18/h2-4,6,15H,1,5,7,20H2,(H,21,22). The van der Waals surface area contributed by atoms with Crippen LogP contribution in [0.25, 0.3) is 5.03 Å². The molecule has 0 aromatic carbocycles. The number of fused-ring (bicyclic) bond motifs is 1. The Morgan fingerprint density at radius 3 is 2.96 bits per heavy atom. The third-order valence-electron chi connectivity index (χ3n) is 3.61. The van der Waals surface area contributed by atoms with Gasteiger partial charge >= 0.3 is 0 Å². The molecule has 0 fully saturated rings. The Morgan fingerprint density at radius 2 is 2.30 bits per heavy atom. The minimum absolute atomic E-state index is 0.0647. The van der Waals surface area contributed by atoms with Gasteiger partial charge in [0.1, 0.15) is 5.15 Å². The summed E-state index contributed by atoms with van der Waals surface area (Å²) in [6, 6.07) is 5.75.